The second kappa shape index (κ2) is 6.62. The Morgan fingerprint density at radius 1 is 1.32 bits per heavy atom. The molecule has 0 saturated carbocycles. The third-order valence-electron chi connectivity index (χ3n) is 3.11. The van der Waals surface area contributed by atoms with Crippen LogP contribution in [0.1, 0.15) is 10.4 Å². The highest BCUT2D eigenvalue weighted by Crippen LogP contribution is 2.12. The van der Waals surface area contributed by atoms with Crippen LogP contribution in [0.3, 0.4) is 0 Å². The normalized spacial score (nSPS) is 16.4. The van der Waals surface area contributed by atoms with Crippen molar-refractivity contribution in [2.75, 3.05) is 32.7 Å². The van der Waals surface area contributed by atoms with Crippen LogP contribution in [0.15, 0.2) is 24.3 Å². The van der Waals surface area contributed by atoms with Crippen LogP contribution in [-0.4, -0.2) is 53.4 Å². The van der Waals surface area contributed by atoms with E-state index < -0.39 is 0 Å². The average Bonchev–Trinajstić information content (AvgIpc) is 2.38. The number of benzene rings is 1. The van der Waals surface area contributed by atoms with Crippen LogP contribution in [0.25, 0.3) is 0 Å². The molecule has 4 nitrogen and oxygen atoms in total. The van der Waals surface area contributed by atoms with E-state index >= 15 is 0 Å². The van der Waals surface area contributed by atoms with Crippen molar-refractivity contribution >= 4 is 45.7 Å². The third-order valence-corrected chi connectivity index (χ3v) is 3.91. The number of amides is 1. The van der Waals surface area contributed by atoms with E-state index in [1.165, 1.54) is 0 Å². The van der Waals surface area contributed by atoms with Crippen molar-refractivity contribution < 1.29 is 4.79 Å². The van der Waals surface area contributed by atoms with Gasteiger partial charge in [0.25, 0.3) is 5.91 Å². The fourth-order valence-electron chi connectivity index (χ4n) is 2.13. The van der Waals surface area contributed by atoms with Crippen molar-refractivity contribution in [2.24, 2.45) is 5.73 Å². The summed E-state index contributed by atoms with van der Waals surface area (Å²) >= 11 is 7.12. The minimum Gasteiger partial charge on any atom is -0.392 e. The summed E-state index contributed by atoms with van der Waals surface area (Å²) in [7, 11) is 0. The minimum absolute atomic E-state index is 0.105. The van der Waals surface area contributed by atoms with Gasteiger partial charge < -0.3 is 10.6 Å². The summed E-state index contributed by atoms with van der Waals surface area (Å²) in [5.41, 5.74) is 6.29. The topological polar surface area (TPSA) is 49.6 Å². The van der Waals surface area contributed by atoms with E-state index in [1.54, 1.807) is 0 Å². The minimum atomic E-state index is 0.105. The molecule has 102 valence electrons. The molecule has 1 amide bonds. The van der Waals surface area contributed by atoms with Crippen molar-refractivity contribution in [3.63, 3.8) is 0 Å². The molecule has 6 heteroatoms. The van der Waals surface area contributed by atoms with Gasteiger partial charge in [0.1, 0.15) is 0 Å². The molecule has 0 aliphatic carbocycles. The Hall–Kier alpha value is -0.730. The maximum absolute atomic E-state index is 12.3. The molecule has 19 heavy (non-hydrogen) atoms. The zero-order chi connectivity index (χ0) is 13.8. The molecule has 1 aromatic rings. The highest BCUT2D eigenvalue weighted by Gasteiger charge is 2.22. The molecule has 0 bridgehead atoms. The number of nitrogens with zero attached hydrogens (tertiary/aromatic N) is 2. The van der Waals surface area contributed by atoms with Crippen LogP contribution in [-0.2, 0) is 0 Å². The van der Waals surface area contributed by atoms with E-state index in [0.717, 1.165) is 35.3 Å². The third kappa shape index (κ3) is 4.12. The first-order chi connectivity index (χ1) is 9.06. The molecular formula is C13H16IN3OS. The lowest BCUT2D eigenvalue weighted by Crippen LogP contribution is -2.50. The Morgan fingerprint density at radius 3 is 2.58 bits per heavy atom. The van der Waals surface area contributed by atoms with Gasteiger partial charge in [-0.2, -0.15) is 0 Å². The predicted molar refractivity (Wildman–Crippen MR) is 88.3 cm³/mol. The van der Waals surface area contributed by atoms with E-state index in [2.05, 4.69) is 27.5 Å². The van der Waals surface area contributed by atoms with E-state index in [-0.39, 0.29) is 5.91 Å². The Morgan fingerprint density at radius 2 is 2.00 bits per heavy atom. The number of carbonyl (C=O) groups excluding carboxylic acids is 1. The summed E-state index contributed by atoms with van der Waals surface area (Å²) in [6.45, 7) is 3.75. The van der Waals surface area contributed by atoms with Gasteiger partial charge in [-0.15, -0.1) is 0 Å². The molecule has 1 saturated heterocycles. The molecule has 0 aromatic heterocycles. The smallest absolute Gasteiger partial charge is 0.253 e. The average molecular weight is 389 g/mol. The number of halogens is 1. The number of piperazine rings is 1. The van der Waals surface area contributed by atoms with E-state index in [0.29, 0.717) is 11.5 Å². The summed E-state index contributed by atoms with van der Waals surface area (Å²) in [4.78, 5) is 16.9. The molecule has 0 atom stereocenters. The van der Waals surface area contributed by atoms with E-state index in [4.69, 9.17) is 18.0 Å². The van der Waals surface area contributed by atoms with Gasteiger partial charge in [-0.3, -0.25) is 9.69 Å². The maximum Gasteiger partial charge on any atom is 0.253 e. The van der Waals surface area contributed by atoms with Crippen LogP contribution in [0.4, 0.5) is 0 Å². The molecule has 1 heterocycles. The Balaban J connectivity index is 1.94. The number of carbonyl (C=O) groups is 1. The number of nitrogens with two attached hydrogens (primary N) is 1. The largest absolute Gasteiger partial charge is 0.392 e. The SMILES string of the molecule is NC(=S)CN1CCN(C(=O)c2cccc(I)c2)CC1. The predicted octanol–water partition coefficient (Wildman–Crippen LogP) is 1.34. The summed E-state index contributed by atoms with van der Waals surface area (Å²) in [5, 5.41) is 0. The van der Waals surface area contributed by atoms with Crippen LogP contribution in [0.2, 0.25) is 0 Å². The molecule has 1 fully saturated rings. The molecular weight excluding hydrogens is 373 g/mol. The van der Waals surface area contributed by atoms with Crippen LogP contribution in [0.5, 0.6) is 0 Å². The lowest BCUT2D eigenvalue weighted by Gasteiger charge is -2.34. The van der Waals surface area contributed by atoms with Crippen LogP contribution >= 0.6 is 34.8 Å². The Labute approximate surface area is 132 Å². The highest BCUT2D eigenvalue weighted by atomic mass is 127. The first-order valence-electron chi connectivity index (χ1n) is 6.12. The fraction of sp³-hybridized carbons (Fsp3) is 0.385. The molecule has 1 aromatic carbocycles. The first kappa shape index (κ1) is 14.7. The molecule has 0 radical (unpaired) electrons. The lowest BCUT2D eigenvalue weighted by molar-refractivity contribution is 0.0654. The van der Waals surface area contributed by atoms with E-state index in [1.807, 2.05) is 29.2 Å². The molecule has 1 aliphatic heterocycles. The number of rotatable bonds is 3. The fourth-order valence-corrected chi connectivity index (χ4v) is 2.86. The van der Waals surface area contributed by atoms with Gasteiger partial charge in [-0.05, 0) is 40.8 Å². The van der Waals surface area contributed by atoms with Crippen molar-refractivity contribution in [1.29, 1.82) is 0 Å². The number of hydrogen-bond donors (Lipinski definition) is 1. The Bertz CT molecular complexity index is 487. The van der Waals surface area contributed by atoms with Gasteiger partial charge in [-0.1, -0.05) is 18.3 Å². The first-order valence-corrected chi connectivity index (χ1v) is 7.60. The van der Waals surface area contributed by atoms with Crippen LogP contribution in [0, 0.1) is 3.57 Å². The van der Waals surface area contributed by atoms with Crippen molar-refractivity contribution in [3.05, 3.63) is 33.4 Å². The van der Waals surface area contributed by atoms with Gasteiger partial charge in [0.2, 0.25) is 0 Å². The summed E-state index contributed by atoms with van der Waals surface area (Å²) < 4.78 is 1.08. The van der Waals surface area contributed by atoms with Gasteiger partial charge in [0.05, 0.1) is 4.99 Å². The molecule has 2 rings (SSSR count). The molecule has 2 N–H and O–H groups in total. The monoisotopic (exact) mass is 389 g/mol. The van der Waals surface area contributed by atoms with Gasteiger partial charge in [0.15, 0.2) is 0 Å². The summed E-state index contributed by atoms with van der Waals surface area (Å²) in [6, 6.07) is 7.69. The standard InChI is InChI=1S/C13H16IN3OS/c14-11-3-1-2-10(8-11)13(18)17-6-4-16(5-7-17)9-12(15)19/h1-3,8H,4-7,9H2,(H2,15,19). The van der Waals surface area contributed by atoms with Crippen molar-refractivity contribution in [1.82, 2.24) is 9.80 Å². The second-order valence-electron chi connectivity index (χ2n) is 4.55. The number of hydrogen-bond acceptors (Lipinski definition) is 3. The zero-order valence-electron chi connectivity index (χ0n) is 10.5. The highest BCUT2D eigenvalue weighted by molar-refractivity contribution is 14.1. The van der Waals surface area contributed by atoms with Crippen LogP contribution < -0.4 is 5.73 Å². The molecule has 1 aliphatic rings. The van der Waals surface area contributed by atoms with E-state index in [9.17, 15) is 4.79 Å². The summed E-state index contributed by atoms with van der Waals surface area (Å²) in [6.07, 6.45) is 0. The number of thiocarbonyl (C=S) groups is 1. The molecule has 0 spiro atoms. The Kier molecular flexibility index (Phi) is 5.12. The summed E-state index contributed by atoms with van der Waals surface area (Å²) in [5.74, 6) is 0.105. The van der Waals surface area contributed by atoms with Gasteiger partial charge >= 0.3 is 0 Å². The van der Waals surface area contributed by atoms with Gasteiger partial charge in [0, 0.05) is 41.9 Å². The lowest BCUT2D eigenvalue weighted by atomic mass is 10.2. The maximum atomic E-state index is 12.3. The van der Waals surface area contributed by atoms with Crippen molar-refractivity contribution in [3.8, 4) is 0 Å². The second-order valence-corrected chi connectivity index (χ2v) is 6.32. The van der Waals surface area contributed by atoms with Crippen molar-refractivity contribution in [2.45, 2.75) is 0 Å². The van der Waals surface area contributed by atoms with Gasteiger partial charge in [-0.25, -0.2) is 0 Å². The quantitative estimate of drug-likeness (QED) is 0.626. The zero-order valence-corrected chi connectivity index (χ0v) is 13.5. The molecule has 0 unspecified atom stereocenters.